The van der Waals surface area contributed by atoms with Crippen molar-refractivity contribution in [2.45, 2.75) is 17.8 Å². The number of benzene rings is 8. The number of hydrogen-bond donors (Lipinski definition) is 0. The van der Waals surface area contributed by atoms with Crippen LogP contribution in [0.5, 0.6) is 0 Å². The molecule has 0 saturated heterocycles. The molecule has 1 spiro atoms. The minimum absolute atomic E-state index is 0.531. The summed E-state index contributed by atoms with van der Waals surface area (Å²) in [5.41, 5.74) is 17.5. The van der Waals surface area contributed by atoms with Gasteiger partial charge in [0, 0.05) is 24.0 Å². The van der Waals surface area contributed by atoms with Crippen LogP contribution in [0.1, 0.15) is 40.3 Å². The van der Waals surface area contributed by atoms with Gasteiger partial charge in [-0.3, -0.25) is 0 Å². The zero-order chi connectivity index (χ0) is 39.8. The highest BCUT2D eigenvalue weighted by atomic mass is 15.1. The monoisotopic (exact) mass is 755 g/mol. The molecule has 1 heteroatoms. The minimum atomic E-state index is -0.579. The van der Waals surface area contributed by atoms with Gasteiger partial charge in [0.1, 0.15) is 0 Å². The molecule has 1 unspecified atom stereocenters. The van der Waals surface area contributed by atoms with E-state index in [-0.39, 0.29) is 0 Å². The normalized spacial score (nSPS) is 16.1. The van der Waals surface area contributed by atoms with Crippen molar-refractivity contribution in [3.05, 3.63) is 276 Å². The van der Waals surface area contributed by atoms with Crippen molar-refractivity contribution in [2.75, 3.05) is 11.9 Å². The van der Waals surface area contributed by atoms with Crippen LogP contribution in [-0.4, -0.2) is 7.05 Å². The first kappa shape index (κ1) is 36.1. The number of allylic oxidation sites excluding steroid dienone is 6. The van der Waals surface area contributed by atoms with Gasteiger partial charge in [-0.05, 0) is 98.0 Å². The van der Waals surface area contributed by atoms with Crippen LogP contribution in [0.4, 0.5) is 11.4 Å². The first-order chi connectivity index (χ1) is 29.1. The summed E-state index contributed by atoms with van der Waals surface area (Å²) >= 11 is 0. The molecule has 282 valence electrons. The summed E-state index contributed by atoms with van der Waals surface area (Å²) in [5.74, 6) is 0. The van der Waals surface area contributed by atoms with Gasteiger partial charge in [-0.25, -0.2) is 0 Å². The molecule has 0 saturated carbocycles. The van der Waals surface area contributed by atoms with Gasteiger partial charge < -0.3 is 4.90 Å². The second-order valence-corrected chi connectivity index (χ2v) is 15.6. The molecule has 0 N–H and O–H groups in total. The molecule has 0 fully saturated rings. The summed E-state index contributed by atoms with van der Waals surface area (Å²) in [6.07, 6.45) is 11.4. The third kappa shape index (κ3) is 5.76. The van der Waals surface area contributed by atoms with E-state index in [4.69, 9.17) is 0 Å². The Hall–Kier alpha value is -7.22. The Kier molecular flexibility index (Phi) is 9.15. The molecule has 8 aromatic rings. The predicted octanol–water partition coefficient (Wildman–Crippen LogP) is 14.5. The molecule has 0 heterocycles. The molecule has 0 aromatic heterocycles. The van der Waals surface area contributed by atoms with Crippen LogP contribution in [0.15, 0.2) is 242 Å². The lowest BCUT2D eigenvalue weighted by atomic mass is 9.54. The van der Waals surface area contributed by atoms with Crippen LogP contribution < -0.4 is 4.90 Å². The smallest absolute Gasteiger partial charge is 0.0715 e. The SMILES string of the molecule is C/C=C\C=C/C1=CC(c2ccccc2)(c2ccccc2)c2ccccc2C12c1ccccc1-c1ccc(N(C)c3ccc(-c4ccccc4)cc3-c3ccccc3)cc12. The van der Waals surface area contributed by atoms with E-state index in [2.05, 4.69) is 256 Å². The van der Waals surface area contributed by atoms with Crippen molar-refractivity contribution in [3.8, 4) is 33.4 Å². The third-order valence-electron chi connectivity index (χ3n) is 12.6. The van der Waals surface area contributed by atoms with Crippen LogP contribution in [-0.2, 0) is 10.8 Å². The molecule has 1 atom stereocenters. The van der Waals surface area contributed by atoms with Crippen LogP contribution in [0.3, 0.4) is 0 Å². The van der Waals surface area contributed by atoms with E-state index < -0.39 is 10.8 Å². The quantitative estimate of drug-likeness (QED) is 0.140. The molecule has 8 aromatic carbocycles. The third-order valence-corrected chi connectivity index (χ3v) is 12.6. The first-order valence-corrected chi connectivity index (χ1v) is 20.6. The number of nitrogens with zero attached hydrogens (tertiary/aromatic N) is 1. The van der Waals surface area contributed by atoms with Gasteiger partial charge in [-0.2, -0.15) is 0 Å². The highest BCUT2D eigenvalue weighted by Gasteiger charge is 2.54. The molecule has 0 amide bonds. The van der Waals surface area contributed by atoms with Gasteiger partial charge in [0.15, 0.2) is 0 Å². The molecular weight excluding hydrogens is 711 g/mol. The molecule has 0 bridgehead atoms. The van der Waals surface area contributed by atoms with Crippen molar-refractivity contribution in [1.82, 2.24) is 0 Å². The Balaban J connectivity index is 1.24. The molecule has 0 radical (unpaired) electrons. The van der Waals surface area contributed by atoms with E-state index in [1.54, 1.807) is 0 Å². The predicted molar refractivity (Wildman–Crippen MR) is 248 cm³/mol. The van der Waals surface area contributed by atoms with Gasteiger partial charge in [-0.15, -0.1) is 0 Å². The van der Waals surface area contributed by atoms with E-state index >= 15 is 0 Å². The minimum Gasteiger partial charge on any atom is -0.344 e. The van der Waals surface area contributed by atoms with Crippen LogP contribution >= 0.6 is 0 Å². The lowest BCUT2D eigenvalue weighted by Crippen LogP contribution is -2.41. The van der Waals surface area contributed by atoms with Gasteiger partial charge in [0.2, 0.25) is 0 Å². The highest BCUT2D eigenvalue weighted by molar-refractivity contribution is 5.92. The fourth-order valence-electron chi connectivity index (χ4n) is 9.92. The lowest BCUT2D eigenvalue weighted by molar-refractivity contribution is 0.650. The number of rotatable bonds is 8. The molecule has 2 aliphatic rings. The lowest BCUT2D eigenvalue weighted by Gasteiger charge is -2.47. The Morgan fingerprint density at radius 3 is 1.64 bits per heavy atom. The Bertz CT molecular complexity index is 2850. The Morgan fingerprint density at radius 2 is 0.983 bits per heavy atom. The number of anilines is 2. The van der Waals surface area contributed by atoms with Gasteiger partial charge >= 0.3 is 0 Å². The van der Waals surface area contributed by atoms with E-state index in [0.29, 0.717) is 0 Å². The zero-order valence-electron chi connectivity index (χ0n) is 33.5. The summed E-state index contributed by atoms with van der Waals surface area (Å²) in [7, 11) is 2.22. The molecule has 0 aliphatic heterocycles. The van der Waals surface area contributed by atoms with Gasteiger partial charge in [0.25, 0.3) is 0 Å². The van der Waals surface area contributed by atoms with E-state index in [0.717, 1.165) is 11.4 Å². The Labute approximate surface area is 348 Å². The van der Waals surface area contributed by atoms with Crippen molar-refractivity contribution in [1.29, 1.82) is 0 Å². The fraction of sp³-hybridized carbons (Fsp3) is 0.0690. The van der Waals surface area contributed by atoms with Crippen molar-refractivity contribution < 1.29 is 0 Å². The topological polar surface area (TPSA) is 3.24 Å². The van der Waals surface area contributed by atoms with E-state index in [1.165, 1.54) is 72.3 Å². The van der Waals surface area contributed by atoms with E-state index in [9.17, 15) is 0 Å². The first-order valence-electron chi connectivity index (χ1n) is 20.6. The van der Waals surface area contributed by atoms with E-state index in [1.807, 2.05) is 0 Å². The molecule has 2 aliphatic carbocycles. The number of hydrogen-bond acceptors (Lipinski definition) is 1. The standard InChI is InChI=1S/C58H45N/c1-3-4-9-30-47-41-57(45-26-14-7-15-27-45,46-28-16-8-17-29-46)53-33-20-21-34-54(53)58(47)52-32-19-18-31-49(52)50-37-36-48(40-55(50)58)59(2)56-38-35-44(42-22-10-5-11-23-42)39-51(56)43-24-12-6-13-25-43/h3-41H,1-2H3/b4-3-,30-9-. The zero-order valence-corrected chi connectivity index (χ0v) is 33.5. The van der Waals surface area contributed by atoms with Crippen molar-refractivity contribution >= 4 is 11.4 Å². The maximum atomic E-state index is 2.58. The average molecular weight is 756 g/mol. The van der Waals surface area contributed by atoms with Crippen molar-refractivity contribution in [2.24, 2.45) is 0 Å². The van der Waals surface area contributed by atoms with Crippen molar-refractivity contribution in [3.63, 3.8) is 0 Å². The molecule has 1 nitrogen and oxygen atoms in total. The highest BCUT2D eigenvalue weighted by Crippen LogP contribution is 2.63. The largest absolute Gasteiger partial charge is 0.344 e. The van der Waals surface area contributed by atoms with Gasteiger partial charge in [0.05, 0.1) is 10.8 Å². The molecule has 59 heavy (non-hydrogen) atoms. The summed E-state index contributed by atoms with van der Waals surface area (Å²) in [6, 6.07) is 75.9. The molecule has 10 rings (SSSR count). The van der Waals surface area contributed by atoms with Gasteiger partial charge in [-0.1, -0.05) is 212 Å². The second-order valence-electron chi connectivity index (χ2n) is 15.6. The molecular formula is C58H45N. The summed E-state index contributed by atoms with van der Waals surface area (Å²) < 4.78 is 0. The van der Waals surface area contributed by atoms with Crippen LogP contribution in [0.25, 0.3) is 33.4 Å². The maximum absolute atomic E-state index is 2.58. The van der Waals surface area contributed by atoms with Crippen LogP contribution in [0, 0.1) is 0 Å². The second kappa shape index (κ2) is 14.9. The van der Waals surface area contributed by atoms with Crippen LogP contribution in [0.2, 0.25) is 0 Å². The summed E-state index contributed by atoms with van der Waals surface area (Å²) in [6.45, 7) is 2.08. The Morgan fingerprint density at radius 1 is 0.424 bits per heavy atom. The summed E-state index contributed by atoms with van der Waals surface area (Å²) in [5, 5.41) is 0. The number of fused-ring (bicyclic) bond motifs is 7. The average Bonchev–Trinajstić information content (AvgIpc) is 3.60. The summed E-state index contributed by atoms with van der Waals surface area (Å²) in [4.78, 5) is 2.38. The fourth-order valence-corrected chi connectivity index (χ4v) is 9.92. The maximum Gasteiger partial charge on any atom is 0.0715 e.